The second-order valence-electron chi connectivity index (χ2n) is 6.64. The average Bonchev–Trinajstić information content (AvgIpc) is 2.76. The third-order valence-corrected chi connectivity index (χ3v) is 4.71. The summed E-state index contributed by atoms with van der Waals surface area (Å²) in [4.78, 5) is 13.0. The number of anilines is 2. The fourth-order valence-corrected chi connectivity index (χ4v) is 3.14. The van der Waals surface area contributed by atoms with Crippen LogP contribution in [0, 0.1) is 6.92 Å². The third-order valence-electron chi connectivity index (χ3n) is 4.41. The van der Waals surface area contributed by atoms with E-state index in [-0.39, 0.29) is 0 Å². The Kier molecular flexibility index (Phi) is 5.88. The van der Waals surface area contributed by atoms with E-state index in [0.29, 0.717) is 28.9 Å². The molecule has 4 rings (SSSR count). The molecule has 2 heterocycles. The van der Waals surface area contributed by atoms with E-state index < -0.39 is 0 Å². The van der Waals surface area contributed by atoms with Crippen LogP contribution in [0.3, 0.4) is 0 Å². The maximum absolute atomic E-state index is 6.44. The number of aromatic nitrogens is 3. The lowest BCUT2D eigenvalue weighted by Crippen LogP contribution is -1.97. The molecule has 0 saturated carbocycles. The number of aryl methyl sites for hydroxylation is 1. The molecule has 0 bridgehead atoms. The number of nitrogens with zero attached hydrogens (tertiary/aromatic N) is 3. The van der Waals surface area contributed by atoms with Crippen LogP contribution in [0.1, 0.15) is 11.3 Å². The van der Waals surface area contributed by atoms with Crippen LogP contribution in [0.2, 0.25) is 5.02 Å². The highest BCUT2D eigenvalue weighted by molar-refractivity contribution is 6.32. The molecule has 0 amide bonds. The summed E-state index contributed by atoms with van der Waals surface area (Å²) in [5.41, 5.74) is 9.13. The summed E-state index contributed by atoms with van der Waals surface area (Å²) in [7, 11) is 0. The zero-order valence-electron chi connectivity index (χ0n) is 16.3. The van der Waals surface area contributed by atoms with E-state index in [1.54, 1.807) is 12.3 Å². The third kappa shape index (κ3) is 4.56. The van der Waals surface area contributed by atoms with Crippen molar-refractivity contribution in [2.45, 2.75) is 6.92 Å². The fourth-order valence-electron chi connectivity index (χ4n) is 2.92. The molecule has 6 nitrogen and oxygen atoms in total. The molecule has 0 atom stereocenters. The van der Waals surface area contributed by atoms with Gasteiger partial charge in [-0.05, 0) is 55.0 Å². The standard InChI is InChI=1S/C23H20ClN5O/c1-15-4-7-18(13-26-15)30-22-9-6-17(12-20(22)24)29-23-19-11-16(3-2-10-25)5-8-21(19)27-14-28-23/h2-9,11-14H,10,25H2,1H3,(H,27,28,29)/b3-2+. The zero-order chi connectivity index (χ0) is 20.9. The number of halogens is 1. The van der Waals surface area contributed by atoms with Crippen LogP contribution in [0.25, 0.3) is 17.0 Å². The van der Waals surface area contributed by atoms with Gasteiger partial charge in [0.05, 0.1) is 16.7 Å². The predicted molar refractivity (Wildman–Crippen MR) is 121 cm³/mol. The first-order valence-electron chi connectivity index (χ1n) is 9.41. The Morgan fingerprint density at radius 2 is 1.97 bits per heavy atom. The van der Waals surface area contributed by atoms with Crippen LogP contribution < -0.4 is 15.8 Å². The van der Waals surface area contributed by atoms with E-state index in [1.165, 1.54) is 6.33 Å². The number of benzene rings is 2. The summed E-state index contributed by atoms with van der Waals surface area (Å²) in [5.74, 6) is 1.87. The Bertz CT molecular complexity index is 1210. The van der Waals surface area contributed by atoms with Gasteiger partial charge in [-0.3, -0.25) is 4.98 Å². The van der Waals surface area contributed by atoms with Crippen LogP contribution >= 0.6 is 11.6 Å². The molecule has 0 aliphatic heterocycles. The van der Waals surface area contributed by atoms with Crippen LogP contribution in [-0.4, -0.2) is 21.5 Å². The summed E-state index contributed by atoms with van der Waals surface area (Å²) in [6.07, 6.45) is 7.07. The predicted octanol–water partition coefficient (Wildman–Crippen LogP) is 5.49. The summed E-state index contributed by atoms with van der Waals surface area (Å²) in [5, 5.41) is 4.70. The number of hydrogen-bond donors (Lipinski definition) is 2. The van der Waals surface area contributed by atoms with Crippen LogP contribution in [0.15, 0.2) is 67.1 Å². The Labute approximate surface area is 179 Å². The highest BCUT2D eigenvalue weighted by Crippen LogP contribution is 2.33. The van der Waals surface area contributed by atoms with Gasteiger partial charge < -0.3 is 15.8 Å². The van der Waals surface area contributed by atoms with Crippen molar-refractivity contribution in [3.63, 3.8) is 0 Å². The quantitative estimate of drug-likeness (QED) is 0.431. The Morgan fingerprint density at radius 1 is 1.07 bits per heavy atom. The molecule has 0 unspecified atom stereocenters. The number of pyridine rings is 1. The second-order valence-corrected chi connectivity index (χ2v) is 7.05. The molecular weight excluding hydrogens is 398 g/mol. The van der Waals surface area contributed by atoms with Gasteiger partial charge in [0.25, 0.3) is 0 Å². The molecule has 3 N–H and O–H groups in total. The molecule has 0 radical (unpaired) electrons. The van der Waals surface area contributed by atoms with E-state index in [2.05, 4.69) is 20.3 Å². The lowest BCUT2D eigenvalue weighted by atomic mass is 10.1. The van der Waals surface area contributed by atoms with Gasteiger partial charge in [-0.25, -0.2) is 9.97 Å². The van der Waals surface area contributed by atoms with E-state index in [4.69, 9.17) is 22.1 Å². The maximum atomic E-state index is 6.44. The Hall–Kier alpha value is -3.48. The Balaban J connectivity index is 1.59. The molecule has 2 aromatic carbocycles. The molecule has 0 saturated heterocycles. The van der Waals surface area contributed by atoms with Gasteiger partial charge in [0, 0.05) is 23.3 Å². The van der Waals surface area contributed by atoms with E-state index in [9.17, 15) is 0 Å². The van der Waals surface area contributed by atoms with Gasteiger partial charge in [-0.2, -0.15) is 0 Å². The van der Waals surface area contributed by atoms with Crippen molar-refractivity contribution in [1.29, 1.82) is 0 Å². The molecule has 7 heteroatoms. The Morgan fingerprint density at radius 3 is 2.73 bits per heavy atom. The minimum absolute atomic E-state index is 0.477. The molecule has 0 spiro atoms. The van der Waals surface area contributed by atoms with E-state index in [1.807, 2.05) is 61.5 Å². The van der Waals surface area contributed by atoms with Crippen LogP contribution in [-0.2, 0) is 0 Å². The molecular formula is C23H20ClN5O. The monoisotopic (exact) mass is 417 g/mol. The highest BCUT2D eigenvalue weighted by Gasteiger charge is 2.08. The lowest BCUT2D eigenvalue weighted by Gasteiger charge is -2.12. The summed E-state index contributed by atoms with van der Waals surface area (Å²) < 4.78 is 5.83. The van der Waals surface area contributed by atoms with Gasteiger partial charge in [-0.1, -0.05) is 29.8 Å². The minimum atomic E-state index is 0.477. The molecule has 4 aromatic rings. The molecule has 0 fully saturated rings. The van der Waals surface area contributed by atoms with Gasteiger partial charge in [0.2, 0.25) is 0 Å². The molecule has 0 aliphatic rings. The number of hydrogen-bond acceptors (Lipinski definition) is 6. The average molecular weight is 418 g/mol. The van der Waals surface area contributed by atoms with Crippen molar-refractivity contribution < 1.29 is 4.74 Å². The number of nitrogens with two attached hydrogens (primary N) is 1. The van der Waals surface area contributed by atoms with E-state index in [0.717, 1.165) is 27.8 Å². The summed E-state index contributed by atoms with van der Waals surface area (Å²) in [6, 6.07) is 15.2. The first kappa shape index (κ1) is 19.8. The van der Waals surface area contributed by atoms with Gasteiger partial charge in [0.1, 0.15) is 23.6 Å². The SMILES string of the molecule is Cc1ccc(Oc2ccc(Nc3ncnc4ccc(/C=C/CN)cc34)cc2Cl)cn1. The second kappa shape index (κ2) is 8.90. The van der Waals surface area contributed by atoms with Gasteiger partial charge in [-0.15, -0.1) is 0 Å². The van der Waals surface area contributed by atoms with Crippen molar-refractivity contribution in [2.75, 3.05) is 11.9 Å². The maximum Gasteiger partial charge on any atom is 0.146 e. The lowest BCUT2D eigenvalue weighted by molar-refractivity contribution is 0.480. The highest BCUT2D eigenvalue weighted by atomic mass is 35.5. The van der Waals surface area contributed by atoms with Gasteiger partial charge in [0.15, 0.2) is 0 Å². The largest absolute Gasteiger partial charge is 0.454 e. The van der Waals surface area contributed by atoms with Crippen LogP contribution in [0.4, 0.5) is 11.5 Å². The molecule has 2 aromatic heterocycles. The number of fused-ring (bicyclic) bond motifs is 1. The first-order valence-corrected chi connectivity index (χ1v) is 9.78. The number of rotatable bonds is 6. The molecule has 30 heavy (non-hydrogen) atoms. The first-order chi connectivity index (χ1) is 14.6. The van der Waals surface area contributed by atoms with Gasteiger partial charge >= 0.3 is 0 Å². The molecule has 0 aliphatic carbocycles. The minimum Gasteiger partial charge on any atom is -0.454 e. The number of nitrogens with one attached hydrogen (secondary N) is 1. The molecule has 150 valence electrons. The summed E-state index contributed by atoms with van der Waals surface area (Å²) in [6.45, 7) is 2.41. The van der Waals surface area contributed by atoms with Crippen molar-refractivity contribution in [3.8, 4) is 11.5 Å². The number of ether oxygens (including phenoxy) is 1. The van der Waals surface area contributed by atoms with Crippen molar-refractivity contribution in [3.05, 3.63) is 83.4 Å². The summed E-state index contributed by atoms with van der Waals surface area (Å²) >= 11 is 6.44. The van der Waals surface area contributed by atoms with Crippen molar-refractivity contribution in [1.82, 2.24) is 15.0 Å². The van der Waals surface area contributed by atoms with Crippen LogP contribution in [0.5, 0.6) is 11.5 Å². The fraction of sp³-hybridized carbons (Fsp3) is 0.0870. The smallest absolute Gasteiger partial charge is 0.146 e. The zero-order valence-corrected chi connectivity index (χ0v) is 17.1. The van der Waals surface area contributed by atoms with E-state index >= 15 is 0 Å². The topological polar surface area (TPSA) is 86.0 Å². The normalized spacial score (nSPS) is 11.2. The van der Waals surface area contributed by atoms with Crippen molar-refractivity contribution >= 4 is 40.1 Å². The van der Waals surface area contributed by atoms with Crippen molar-refractivity contribution in [2.24, 2.45) is 5.73 Å².